The number of amides is 1. The highest BCUT2D eigenvalue weighted by molar-refractivity contribution is 6.30. The van der Waals surface area contributed by atoms with E-state index >= 15 is 0 Å². The molecule has 4 heteroatoms. The monoisotopic (exact) mass is 395 g/mol. The molecular weight excluding hydrogens is 370 g/mol. The zero-order valence-corrected chi connectivity index (χ0v) is 16.8. The highest BCUT2D eigenvalue weighted by atomic mass is 35.5. The molecule has 2 aromatic rings. The summed E-state index contributed by atoms with van der Waals surface area (Å²) in [5.74, 6) is 3.30. The molecule has 0 heterocycles. The molecule has 28 heavy (non-hydrogen) atoms. The Kier molecular flexibility index (Phi) is 4.59. The number of carbonyl (C=O) groups is 1. The molecule has 4 bridgehead atoms. The van der Waals surface area contributed by atoms with Crippen LogP contribution in [-0.4, -0.2) is 12.5 Å². The maximum Gasteiger partial charge on any atom is 0.262 e. The predicted molar refractivity (Wildman–Crippen MR) is 112 cm³/mol. The summed E-state index contributed by atoms with van der Waals surface area (Å²) in [6.45, 7) is -0.0155. The maximum atomic E-state index is 12.2. The SMILES string of the molecule is O=C(COc1ccc(Cl)cc1)Nc1ccc(C23CC4CC(CC(C4)C2)C3)cc1. The summed E-state index contributed by atoms with van der Waals surface area (Å²) in [6.07, 6.45) is 8.46. The number of benzene rings is 2. The van der Waals surface area contributed by atoms with Crippen LogP contribution in [0.3, 0.4) is 0 Å². The summed E-state index contributed by atoms with van der Waals surface area (Å²) in [6, 6.07) is 15.6. The fourth-order valence-electron chi connectivity index (χ4n) is 6.25. The maximum absolute atomic E-state index is 12.2. The molecule has 1 N–H and O–H groups in total. The Hall–Kier alpha value is -2.00. The molecule has 0 atom stereocenters. The van der Waals surface area contributed by atoms with Crippen molar-refractivity contribution in [2.75, 3.05) is 11.9 Å². The quantitative estimate of drug-likeness (QED) is 0.692. The first kappa shape index (κ1) is 18.1. The lowest BCUT2D eigenvalue weighted by Gasteiger charge is -2.57. The van der Waals surface area contributed by atoms with Gasteiger partial charge < -0.3 is 10.1 Å². The summed E-state index contributed by atoms with van der Waals surface area (Å²) in [5, 5.41) is 3.58. The number of halogens is 1. The van der Waals surface area contributed by atoms with E-state index in [9.17, 15) is 4.79 Å². The molecule has 3 nitrogen and oxygen atoms in total. The fourth-order valence-corrected chi connectivity index (χ4v) is 6.37. The minimum Gasteiger partial charge on any atom is -0.484 e. The van der Waals surface area contributed by atoms with E-state index in [2.05, 4.69) is 17.4 Å². The summed E-state index contributed by atoms with van der Waals surface area (Å²) in [5.41, 5.74) is 2.70. The average Bonchev–Trinajstić information content (AvgIpc) is 2.67. The van der Waals surface area contributed by atoms with Crippen LogP contribution >= 0.6 is 11.6 Å². The largest absolute Gasteiger partial charge is 0.484 e. The van der Waals surface area contributed by atoms with Gasteiger partial charge in [-0.15, -0.1) is 0 Å². The van der Waals surface area contributed by atoms with Crippen molar-refractivity contribution in [3.05, 3.63) is 59.1 Å². The minimum atomic E-state index is -0.155. The van der Waals surface area contributed by atoms with Gasteiger partial charge in [-0.05, 0) is 104 Å². The van der Waals surface area contributed by atoms with Crippen molar-refractivity contribution >= 4 is 23.2 Å². The van der Waals surface area contributed by atoms with E-state index in [-0.39, 0.29) is 12.5 Å². The van der Waals surface area contributed by atoms with Crippen LogP contribution in [-0.2, 0) is 10.2 Å². The molecule has 146 valence electrons. The lowest BCUT2D eigenvalue weighted by Crippen LogP contribution is -2.48. The number of hydrogen-bond acceptors (Lipinski definition) is 2. The zero-order chi connectivity index (χ0) is 19.1. The van der Waals surface area contributed by atoms with E-state index in [1.807, 2.05) is 12.1 Å². The van der Waals surface area contributed by atoms with Crippen LogP contribution in [0.2, 0.25) is 5.02 Å². The predicted octanol–water partition coefficient (Wildman–Crippen LogP) is 5.83. The van der Waals surface area contributed by atoms with Crippen LogP contribution < -0.4 is 10.1 Å². The molecule has 0 aromatic heterocycles. The van der Waals surface area contributed by atoms with Crippen LogP contribution in [0.25, 0.3) is 0 Å². The van der Waals surface area contributed by atoms with Gasteiger partial charge in [0.25, 0.3) is 5.91 Å². The molecule has 0 spiro atoms. The van der Waals surface area contributed by atoms with Crippen molar-refractivity contribution in [2.45, 2.75) is 43.9 Å². The number of hydrogen-bond donors (Lipinski definition) is 1. The van der Waals surface area contributed by atoms with Crippen LogP contribution in [0.15, 0.2) is 48.5 Å². The van der Waals surface area contributed by atoms with Crippen molar-refractivity contribution in [1.82, 2.24) is 0 Å². The van der Waals surface area contributed by atoms with Gasteiger partial charge in [-0.25, -0.2) is 0 Å². The van der Waals surface area contributed by atoms with Crippen molar-refractivity contribution in [3.8, 4) is 5.75 Å². The van der Waals surface area contributed by atoms with Gasteiger partial charge in [-0.2, -0.15) is 0 Å². The molecule has 0 unspecified atom stereocenters. The average molecular weight is 396 g/mol. The van der Waals surface area contributed by atoms with Gasteiger partial charge >= 0.3 is 0 Å². The zero-order valence-electron chi connectivity index (χ0n) is 16.0. The smallest absolute Gasteiger partial charge is 0.262 e. The third-order valence-corrected chi connectivity index (χ3v) is 7.25. The standard InChI is InChI=1S/C24H26ClNO2/c25-20-3-7-22(8-4-20)28-15-23(27)26-21-5-1-19(2-6-21)24-12-16-9-17(13-24)11-18(10-16)14-24/h1-8,16-18H,9-15H2,(H,26,27). The number of carbonyl (C=O) groups excluding carboxylic acids is 1. The molecule has 2 aromatic carbocycles. The Labute approximate surface area is 171 Å². The second kappa shape index (κ2) is 7.11. The Morgan fingerprint density at radius 1 is 0.929 bits per heavy atom. The first-order chi connectivity index (χ1) is 13.6. The topological polar surface area (TPSA) is 38.3 Å². The van der Waals surface area contributed by atoms with Gasteiger partial charge in [0.1, 0.15) is 5.75 Å². The number of rotatable bonds is 5. The summed E-state index contributed by atoms with van der Waals surface area (Å²) < 4.78 is 5.51. The van der Waals surface area contributed by atoms with Gasteiger partial charge in [0.05, 0.1) is 0 Å². The van der Waals surface area contributed by atoms with Gasteiger partial charge in [0.2, 0.25) is 0 Å². The van der Waals surface area contributed by atoms with Gasteiger partial charge in [0.15, 0.2) is 6.61 Å². The molecule has 0 aliphatic heterocycles. The number of anilines is 1. The molecular formula is C24H26ClNO2. The molecule has 0 saturated heterocycles. The summed E-state index contributed by atoms with van der Waals surface area (Å²) in [4.78, 5) is 12.2. The normalized spacial score (nSPS) is 30.2. The van der Waals surface area contributed by atoms with Gasteiger partial charge in [0, 0.05) is 10.7 Å². The van der Waals surface area contributed by atoms with Crippen molar-refractivity contribution in [3.63, 3.8) is 0 Å². The first-order valence-corrected chi connectivity index (χ1v) is 10.7. The minimum absolute atomic E-state index is 0.0155. The van der Waals surface area contributed by atoms with Crippen molar-refractivity contribution in [1.29, 1.82) is 0 Å². The Balaban J connectivity index is 1.21. The number of nitrogens with one attached hydrogen (secondary N) is 1. The van der Waals surface area contributed by atoms with E-state index in [0.29, 0.717) is 16.2 Å². The van der Waals surface area contributed by atoms with E-state index in [1.54, 1.807) is 24.3 Å². The lowest BCUT2D eigenvalue weighted by molar-refractivity contribution is -0.118. The molecule has 6 rings (SSSR count). The third-order valence-electron chi connectivity index (χ3n) is 7.00. The Morgan fingerprint density at radius 2 is 1.50 bits per heavy atom. The second-order valence-corrected chi connectivity index (χ2v) is 9.50. The molecule has 4 aliphatic rings. The molecule has 4 saturated carbocycles. The van der Waals surface area contributed by atoms with Crippen LogP contribution in [0, 0.1) is 17.8 Å². The van der Waals surface area contributed by atoms with Gasteiger partial charge in [-0.1, -0.05) is 23.7 Å². The van der Waals surface area contributed by atoms with Crippen LogP contribution in [0.4, 0.5) is 5.69 Å². The van der Waals surface area contributed by atoms with Crippen molar-refractivity contribution in [2.24, 2.45) is 17.8 Å². The summed E-state index contributed by atoms with van der Waals surface area (Å²) >= 11 is 5.86. The number of ether oxygens (including phenoxy) is 1. The molecule has 1 amide bonds. The second-order valence-electron chi connectivity index (χ2n) is 9.07. The van der Waals surface area contributed by atoms with E-state index in [1.165, 1.54) is 44.1 Å². The lowest BCUT2D eigenvalue weighted by atomic mass is 9.48. The summed E-state index contributed by atoms with van der Waals surface area (Å²) in [7, 11) is 0. The van der Waals surface area contributed by atoms with E-state index < -0.39 is 0 Å². The molecule has 0 radical (unpaired) electrons. The fraction of sp³-hybridized carbons (Fsp3) is 0.458. The van der Waals surface area contributed by atoms with Crippen LogP contribution in [0.1, 0.15) is 44.1 Å². The Morgan fingerprint density at radius 3 is 2.07 bits per heavy atom. The Bertz CT molecular complexity index is 824. The first-order valence-electron chi connectivity index (χ1n) is 10.4. The van der Waals surface area contributed by atoms with Crippen LogP contribution in [0.5, 0.6) is 5.75 Å². The van der Waals surface area contributed by atoms with E-state index in [4.69, 9.17) is 16.3 Å². The van der Waals surface area contributed by atoms with Crippen molar-refractivity contribution < 1.29 is 9.53 Å². The molecule has 4 fully saturated rings. The van der Waals surface area contributed by atoms with E-state index in [0.717, 1.165) is 23.4 Å². The third kappa shape index (κ3) is 3.53. The van der Waals surface area contributed by atoms with Gasteiger partial charge in [-0.3, -0.25) is 4.79 Å². The highest BCUT2D eigenvalue weighted by Gasteiger charge is 2.51. The highest BCUT2D eigenvalue weighted by Crippen LogP contribution is 2.60. The molecule has 4 aliphatic carbocycles.